The third-order valence-corrected chi connectivity index (χ3v) is 4.54. The standard InChI is InChI=1S/C15H28N2O/c1-12(14-9-5-6-10-16-14)17-15(18)11-13-7-3-2-4-8-13/h12-14,16H,2-11H2,1H3,(H,17,18). The molecule has 1 saturated heterocycles. The molecule has 1 amide bonds. The van der Waals surface area contributed by atoms with Crippen LogP contribution in [0.2, 0.25) is 0 Å². The molecule has 1 heterocycles. The van der Waals surface area contributed by atoms with E-state index in [0.29, 0.717) is 12.0 Å². The second-order valence-electron chi connectivity index (χ2n) is 6.12. The van der Waals surface area contributed by atoms with Crippen molar-refractivity contribution < 1.29 is 4.79 Å². The second kappa shape index (κ2) is 7.13. The number of carbonyl (C=O) groups excluding carboxylic acids is 1. The Morgan fingerprint density at radius 2 is 1.89 bits per heavy atom. The fourth-order valence-corrected chi connectivity index (χ4v) is 3.37. The summed E-state index contributed by atoms with van der Waals surface area (Å²) in [5.74, 6) is 0.909. The Balaban J connectivity index is 1.68. The molecule has 2 aliphatic rings. The summed E-state index contributed by atoms with van der Waals surface area (Å²) in [6.07, 6.45) is 11.0. The van der Waals surface area contributed by atoms with E-state index in [1.54, 1.807) is 0 Å². The molecular weight excluding hydrogens is 224 g/mol. The highest BCUT2D eigenvalue weighted by atomic mass is 16.1. The third-order valence-electron chi connectivity index (χ3n) is 4.54. The molecule has 2 N–H and O–H groups in total. The Bertz CT molecular complexity index is 255. The number of rotatable bonds is 4. The van der Waals surface area contributed by atoms with Crippen molar-refractivity contribution in [2.24, 2.45) is 5.92 Å². The second-order valence-corrected chi connectivity index (χ2v) is 6.12. The topological polar surface area (TPSA) is 41.1 Å². The number of piperidine rings is 1. The Labute approximate surface area is 111 Å². The maximum Gasteiger partial charge on any atom is 0.220 e. The van der Waals surface area contributed by atoms with Crippen molar-refractivity contribution in [2.75, 3.05) is 6.54 Å². The number of hydrogen-bond acceptors (Lipinski definition) is 2. The zero-order valence-corrected chi connectivity index (χ0v) is 11.7. The van der Waals surface area contributed by atoms with Gasteiger partial charge in [-0.05, 0) is 45.1 Å². The van der Waals surface area contributed by atoms with Gasteiger partial charge in [-0.2, -0.15) is 0 Å². The molecule has 2 fully saturated rings. The number of amides is 1. The normalized spacial score (nSPS) is 27.7. The minimum atomic E-state index is 0.266. The summed E-state index contributed by atoms with van der Waals surface area (Å²) in [4.78, 5) is 12.0. The summed E-state index contributed by atoms with van der Waals surface area (Å²) in [6, 6.07) is 0.760. The predicted molar refractivity (Wildman–Crippen MR) is 74.4 cm³/mol. The van der Waals surface area contributed by atoms with Crippen LogP contribution in [0.15, 0.2) is 0 Å². The van der Waals surface area contributed by atoms with Gasteiger partial charge in [0.25, 0.3) is 0 Å². The van der Waals surface area contributed by atoms with E-state index in [4.69, 9.17) is 0 Å². The lowest BCUT2D eigenvalue weighted by Crippen LogP contribution is -2.50. The maximum atomic E-state index is 12.0. The van der Waals surface area contributed by atoms with Gasteiger partial charge in [0, 0.05) is 18.5 Å². The van der Waals surface area contributed by atoms with Gasteiger partial charge in [-0.15, -0.1) is 0 Å². The van der Waals surface area contributed by atoms with E-state index in [2.05, 4.69) is 17.6 Å². The Kier molecular flexibility index (Phi) is 5.48. The molecule has 0 radical (unpaired) electrons. The van der Waals surface area contributed by atoms with Crippen LogP contribution in [0.4, 0.5) is 0 Å². The molecule has 0 aromatic heterocycles. The molecule has 0 aromatic carbocycles. The summed E-state index contributed by atoms with van der Waals surface area (Å²) in [5.41, 5.74) is 0. The summed E-state index contributed by atoms with van der Waals surface area (Å²) in [7, 11) is 0. The largest absolute Gasteiger partial charge is 0.352 e. The van der Waals surface area contributed by atoms with Crippen molar-refractivity contribution in [1.29, 1.82) is 0 Å². The van der Waals surface area contributed by atoms with Gasteiger partial charge in [0.15, 0.2) is 0 Å². The van der Waals surface area contributed by atoms with Crippen LogP contribution in [0.3, 0.4) is 0 Å². The van der Waals surface area contributed by atoms with Gasteiger partial charge >= 0.3 is 0 Å². The molecule has 2 atom stereocenters. The minimum Gasteiger partial charge on any atom is -0.352 e. The fourth-order valence-electron chi connectivity index (χ4n) is 3.37. The average molecular weight is 252 g/mol. The van der Waals surface area contributed by atoms with Crippen molar-refractivity contribution in [3.63, 3.8) is 0 Å². The van der Waals surface area contributed by atoms with Crippen molar-refractivity contribution in [3.8, 4) is 0 Å². The first-order valence-electron chi connectivity index (χ1n) is 7.78. The quantitative estimate of drug-likeness (QED) is 0.807. The third kappa shape index (κ3) is 4.27. The van der Waals surface area contributed by atoms with Gasteiger partial charge in [-0.1, -0.05) is 25.7 Å². The van der Waals surface area contributed by atoms with Crippen LogP contribution in [-0.4, -0.2) is 24.5 Å². The Morgan fingerprint density at radius 1 is 1.17 bits per heavy atom. The summed E-state index contributed by atoms with van der Waals surface area (Å²) in [5, 5.41) is 6.71. The molecule has 0 aromatic rings. The smallest absolute Gasteiger partial charge is 0.220 e. The van der Waals surface area contributed by atoms with Crippen LogP contribution in [-0.2, 0) is 4.79 Å². The van der Waals surface area contributed by atoms with Crippen LogP contribution < -0.4 is 10.6 Å². The van der Waals surface area contributed by atoms with Crippen molar-refractivity contribution >= 4 is 5.91 Å². The molecule has 104 valence electrons. The van der Waals surface area contributed by atoms with Gasteiger partial charge in [0.2, 0.25) is 5.91 Å². The van der Waals surface area contributed by atoms with Gasteiger partial charge in [0.05, 0.1) is 0 Å². The van der Waals surface area contributed by atoms with E-state index < -0.39 is 0 Å². The van der Waals surface area contributed by atoms with Crippen molar-refractivity contribution in [2.45, 2.75) is 76.8 Å². The van der Waals surface area contributed by atoms with Gasteiger partial charge in [-0.25, -0.2) is 0 Å². The molecular formula is C15H28N2O. The number of carbonyl (C=O) groups is 1. The highest BCUT2D eigenvalue weighted by Crippen LogP contribution is 2.26. The van der Waals surface area contributed by atoms with Gasteiger partial charge < -0.3 is 10.6 Å². The van der Waals surface area contributed by atoms with E-state index in [0.717, 1.165) is 13.0 Å². The molecule has 0 spiro atoms. The zero-order chi connectivity index (χ0) is 12.8. The lowest BCUT2D eigenvalue weighted by atomic mass is 9.86. The van der Waals surface area contributed by atoms with Gasteiger partial charge in [-0.3, -0.25) is 4.79 Å². The van der Waals surface area contributed by atoms with Crippen LogP contribution >= 0.6 is 0 Å². The lowest BCUT2D eigenvalue weighted by molar-refractivity contribution is -0.123. The molecule has 1 aliphatic heterocycles. The summed E-state index contributed by atoms with van der Waals surface area (Å²) >= 11 is 0. The lowest BCUT2D eigenvalue weighted by Gasteiger charge is -2.30. The Hall–Kier alpha value is -0.570. The number of nitrogens with one attached hydrogen (secondary N) is 2. The molecule has 2 unspecified atom stereocenters. The van der Waals surface area contributed by atoms with Crippen LogP contribution in [0.1, 0.15) is 64.7 Å². The molecule has 18 heavy (non-hydrogen) atoms. The number of hydrogen-bond donors (Lipinski definition) is 2. The summed E-state index contributed by atoms with van der Waals surface area (Å²) < 4.78 is 0. The average Bonchev–Trinajstić information content (AvgIpc) is 2.40. The molecule has 2 rings (SSSR count). The molecule has 0 bridgehead atoms. The maximum absolute atomic E-state index is 12.0. The van der Waals surface area contributed by atoms with Crippen molar-refractivity contribution in [1.82, 2.24) is 10.6 Å². The highest BCUT2D eigenvalue weighted by molar-refractivity contribution is 5.76. The van der Waals surface area contributed by atoms with Crippen LogP contribution in [0.5, 0.6) is 0 Å². The van der Waals surface area contributed by atoms with Gasteiger partial charge in [0.1, 0.15) is 0 Å². The monoisotopic (exact) mass is 252 g/mol. The molecule has 3 nitrogen and oxygen atoms in total. The molecule has 1 saturated carbocycles. The highest BCUT2D eigenvalue weighted by Gasteiger charge is 2.22. The van der Waals surface area contributed by atoms with Crippen LogP contribution in [0, 0.1) is 5.92 Å². The first kappa shape index (κ1) is 13.9. The van der Waals surface area contributed by atoms with E-state index in [1.807, 2.05) is 0 Å². The van der Waals surface area contributed by atoms with E-state index in [1.165, 1.54) is 51.4 Å². The fraction of sp³-hybridized carbons (Fsp3) is 0.933. The Morgan fingerprint density at radius 3 is 2.56 bits per heavy atom. The predicted octanol–water partition coefficient (Wildman–Crippen LogP) is 2.60. The van der Waals surface area contributed by atoms with E-state index >= 15 is 0 Å². The first-order valence-corrected chi connectivity index (χ1v) is 7.78. The molecule has 1 aliphatic carbocycles. The minimum absolute atomic E-state index is 0.266. The first-order chi connectivity index (χ1) is 8.75. The zero-order valence-electron chi connectivity index (χ0n) is 11.7. The SMILES string of the molecule is CC(NC(=O)CC1CCCCC1)C1CCCCN1. The van der Waals surface area contributed by atoms with Crippen LogP contribution in [0.25, 0.3) is 0 Å². The van der Waals surface area contributed by atoms with E-state index in [9.17, 15) is 4.79 Å². The van der Waals surface area contributed by atoms with Crippen molar-refractivity contribution in [3.05, 3.63) is 0 Å². The summed E-state index contributed by atoms with van der Waals surface area (Å²) in [6.45, 7) is 3.25. The van der Waals surface area contributed by atoms with E-state index in [-0.39, 0.29) is 11.9 Å². The molecule has 3 heteroatoms.